The molecule has 0 spiro atoms. The van der Waals surface area contributed by atoms with E-state index in [1.807, 2.05) is 6.92 Å². The molecule has 130 valence electrons. The quantitative estimate of drug-likeness (QED) is 0.863. The average molecular weight is 319 g/mol. The minimum Gasteiger partial charge on any atom is -0.336 e. The van der Waals surface area contributed by atoms with E-state index >= 15 is 0 Å². The van der Waals surface area contributed by atoms with Gasteiger partial charge in [0.25, 0.3) is 0 Å². The lowest BCUT2D eigenvalue weighted by atomic mass is 9.82. The number of nitrogens with one attached hydrogen (secondary N) is 1. The Balaban J connectivity index is 1.92. The molecule has 0 aromatic heterocycles. The maximum atomic E-state index is 12.7. The second-order valence-electron chi connectivity index (χ2n) is 7.89. The van der Waals surface area contributed by atoms with Crippen LogP contribution in [-0.2, 0) is 4.79 Å². The Bertz CT molecular complexity index is 434. The van der Waals surface area contributed by atoms with Gasteiger partial charge in [0.15, 0.2) is 0 Å². The Morgan fingerprint density at radius 1 is 1.13 bits per heavy atom. The summed E-state index contributed by atoms with van der Waals surface area (Å²) < 4.78 is 0. The minimum absolute atomic E-state index is 0.0384. The molecule has 23 heavy (non-hydrogen) atoms. The summed E-state index contributed by atoms with van der Waals surface area (Å²) in [6, 6.07) is 2.26. The van der Waals surface area contributed by atoms with Crippen molar-refractivity contribution >= 4 is 5.91 Å². The Kier molecular flexibility index (Phi) is 6.47. The first-order valence-corrected chi connectivity index (χ1v) is 9.45. The number of likely N-dealkylation sites (tertiary alicyclic amines) is 1. The summed E-state index contributed by atoms with van der Waals surface area (Å²) in [7, 11) is 0. The monoisotopic (exact) mass is 319 g/mol. The molecule has 1 amide bonds. The van der Waals surface area contributed by atoms with Crippen molar-refractivity contribution in [2.75, 3.05) is 13.1 Å². The summed E-state index contributed by atoms with van der Waals surface area (Å²) in [5.74, 6) is 1.54. The van der Waals surface area contributed by atoms with Crippen molar-refractivity contribution in [3.8, 4) is 6.07 Å². The van der Waals surface area contributed by atoms with Crippen molar-refractivity contribution in [1.82, 2.24) is 10.2 Å². The molecule has 1 aliphatic carbocycles. The van der Waals surface area contributed by atoms with Crippen molar-refractivity contribution in [3.63, 3.8) is 0 Å². The van der Waals surface area contributed by atoms with E-state index in [0.29, 0.717) is 0 Å². The molecular formula is C19H33N3O. The maximum Gasteiger partial charge on any atom is 0.238 e. The summed E-state index contributed by atoms with van der Waals surface area (Å²) in [5.41, 5.74) is -0.615. The first-order chi connectivity index (χ1) is 11.0. The zero-order chi connectivity index (χ0) is 16.9. The van der Waals surface area contributed by atoms with Crippen molar-refractivity contribution in [2.45, 2.75) is 83.7 Å². The second-order valence-corrected chi connectivity index (χ2v) is 7.89. The van der Waals surface area contributed by atoms with Crippen LogP contribution in [0.3, 0.4) is 0 Å². The molecule has 0 unspecified atom stereocenters. The third-order valence-electron chi connectivity index (χ3n) is 5.96. The molecule has 0 aromatic carbocycles. The molecule has 0 bridgehead atoms. The number of nitriles is 1. The van der Waals surface area contributed by atoms with Crippen molar-refractivity contribution in [1.29, 1.82) is 5.26 Å². The Morgan fingerprint density at radius 3 is 2.43 bits per heavy atom. The summed E-state index contributed by atoms with van der Waals surface area (Å²) in [6.45, 7) is 8.60. The SMILES string of the molecule is CC(C)[C@@H]1CCCN([C@@H](C)C(=O)NC2(C#N)CCCCC2)CC1. The number of hydrogen-bond donors (Lipinski definition) is 1. The van der Waals surface area contributed by atoms with Crippen LogP contribution in [0.2, 0.25) is 0 Å². The van der Waals surface area contributed by atoms with Crippen molar-refractivity contribution < 1.29 is 4.79 Å². The zero-order valence-corrected chi connectivity index (χ0v) is 15.1. The van der Waals surface area contributed by atoms with Crippen molar-refractivity contribution in [3.05, 3.63) is 0 Å². The van der Waals surface area contributed by atoms with Gasteiger partial charge in [0.1, 0.15) is 5.54 Å². The van der Waals surface area contributed by atoms with E-state index in [4.69, 9.17) is 0 Å². The molecule has 4 heteroatoms. The predicted molar refractivity (Wildman–Crippen MR) is 92.8 cm³/mol. The van der Waals surface area contributed by atoms with E-state index in [2.05, 4.69) is 30.1 Å². The fraction of sp³-hybridized carbons (Fsp3) is 0.895. The first kappa shape index (κ1) is 18.3. The van der Waals surface area contributed by atoms with Crippen LogP contribution in [0.4, 0.5) is 0 Å². The van der Waals surface area contributed by atoms with Crippen LogP contribution in [0.1, 0.15) is 72.1 Å². The number of rotatable bonds is 4. The van der Waals surface area contributed by atoms with Gasteiger partial charge < -0.3 is 5.32 Å². The standard InChI is InChI=1S/C19H33N3O/c1-15(2)17-8-7-12-22(13-9-17)16(3)18(23)21-19(14-20)10-5-4-6-11-19/h15-17H,4-13H2,1-3H3,(H,21,23)/t16-,17+/m0/s1. The molecule has 2 fully saturated rings. The van der Waals surface area contributed by atoms with Crippen LogP contribution >= 0.6 is 0 Å². The number of amides is 1. The third-order valence-corrected chi connectivity index (χ3v) is 5.96. The van der Waals surface area contributed by atoms with Crippen LogP contribution < -0.4 is 5.32 Å². The smallest absolute Gasteiger partial charge is 0.238 e. The Hall–Kier alpha value is -1.08. The lowest BCUT2D eigenvalue weighted by molar-refractivity contribution is -0.127. The molecule has 1 aliphatic heterocycles. The van der Waals surface area contributed by atoms with E-state index < -0.39 is 5.54 Å². The Morgan fingerprint density at radius 2 is 1.83 bits per heavy atom. The summed E-state index contributed by atoms with van der Waals surface area (Å²) in [5, 5.41) is 12.6. The zero-order valence-electron chi connectivity index (χ0n) is 15.1. The van der Waals surface area contributed by atoms with Crippen LogP contribution in [0.15, 0.2) is 0 Å². The van der Waals surface area contributed by atoms with Gasteiger partial charge in [0, 0.05) is 0 Å². The van der Waals surface area contributed by atoms with Gasteiger partial charge >= 0.3 is 0 Å². The van der Waals surface area contributed by atoms with Crippen LogP contribution in [0, 0.1) is 23.2 Å². The molecule has 4 nitrogen and oxygen atoms in total. The van der Waals surface area contributed by atoms with Gasteiger partial charge in [-0.05, 0) is 64.0 Å². The molecule has 1 saturated carbocycles. The van der Waals surface area contributed by atoms with E-state index in [-0.39, 0.29) is 11.9 Å². The van der Waals surface area contributed by atoms with Crippen molar-refractivity contribution in [2.24, 2.45) is 11.8 Å². The third kappa shape index (κ3) is 4.70. The number of hydrogen-bond acceptors (Lipinski definition) is 3. The highest BCUT2D eigenvalue weighted by Crippen LogP contribution is 2.28. The highest BCUT2D eigenvalue weighted by atomic mass is 16.2. The number of carbonyl (C=O) groups excluding carboxylic acids is 1. The van der Waals surface area contributed by atoms with Gasteiger partial charge in [-0.25, -0.2) is 0 Å². The van der Waals surface area contributed by atoms with Gasteiger partial charge in [0.05, 0.1) is 12.1 Å². The second kappa shape index (κ2) is 8.15. The molecule has 0 radical (unpaired) electrons. The van der Waals surface area contributed by atoms with Gasteiger partial charge in [-0.2, -0.15) is 5.26 Å². The number of nitrogens with zero attached hydrogens (tertiary/aromatic N) is 2. The van der Waals surface area contributed by atoms with Gasteiger partial charge in [0.2, 0.25) is 5.91 Å². The summed E-state index contributed by atoms with van der Waals surface area (Å²) >= 11 is 0. The van der Waals surface area contributed by atoms with E-state index in [1.165, 1.54) is 25.7 Å². The predicted octanol–water partition coefficient (Wildman–Crippen LogP) is 3.48. The van der Waals surface area contributed by atoms with E-state index in [9.17, 15) is 10.1 Å². The molecule has 0 aromatic rings. The largest absolute Gasteiger partial charge is 0.336 e. The van der Waals surface area contributed by atoms with Gasteiger partial charge in [-0.1, -0.05) is 33.1 Å². The topological polar surface area (TPSA) is 56.1 Å². The molecule has 1 saturated heterocycles. The molecule has 1 N–H and O–H groups in total. The molecule has 2 atom stereocenters. The van der Waals surface area contributed by atoms with E-state index in [0.717, 1.165) is 50.6 Å². The van der Waals surface area contributed by atoms with Gasteiger partial charge in [-0.15, -0.1) is 0 Å². The molecule has 1 heterocycles. The average Bonchev–Trinajstić information content (AvgIpc) is 2.81. The maximum absolute atomic E-state index is 12.7. The minimum atomic E-state index is -0.615. The summed E-state index contributed by atoms with van der Waals surface area (Å²) in [6.07, 6.45) is 8.49. The highest BCUT2D eigenvalue weighted by molar-refractivity contribution is 5.82. The van der Waals surface area contributed by atoms with Crippen LogP contribution in [0.5, 0.6) is 0 Å². The fourth-order valence-corrected chi connectivity index (χ4v) is 4.12. The first-order valence-electron chi connectivity index (χ1n) is 9.45. The fourth-order valence-electron chi connectivity index (χ4n) is 4.12. The normalized spacial score (nSPS) is 27.0. The lowest BCUT2D eigenvalue weighted by Crippen LogP contribution is -2.55. The highest BCUT2D eigenvalue weighted by Gasteiger charge is 2.36. The Labute approximate surface area is 141 Å². The molecule has 2 aliphatic rings. The van der Waals surface area contributed by atoms with Crippen LogP contribution in [-0.4, -0.2) is 35.5 Å². The lowest BCUT2D eigenvalue weighted by Gasteiger charge is -2.34. The van der Waals surface area contributed by atoms with E-state index in [1.54, 1.807) is 0 Å². The molecular weight excluding hydrogens is 286 g/mol. The number of carbonyl (C=O) groups is 1. The molecule has 2 rings (SSSR count). The van der Waals surface area contributed by atoms with Crippen LogP contribution in [0.25, 0.3) is 0 Å². The van der Waals surface area contributed by atoms with Gasteiger partial charge in [-0.3, -0.25) is 9.69 Å². The summed E-state index contributed by atoms with van der Waals surface area (Å²) in [4.78, 5) is 15.0.